The summed E-state index contributed by atoms with van der Waals surface area (Å²) in [4.78, 5) is 23.8. The zero-order valence-electron chi connectivity index (χ0n) is 15.4. The zero-order chi connectivity index (χ0) is 20.9. The monoisotopic (exact) mass is 420 g/mol. The summed E-state index contributed by atoms with van der Waals surface area (Å²) >= 11 is 0. The number of rotatable bonds is 8. The summed E-state index contributed by atoms with van der Waals surface area (Å²) in [6.45, 7) is -0.117. The van der Waals surface area contributed by atoms with E-state index >= 15 is 0 Å². The fraction of sp³-hybridized carbons (Fsp3) is 0.263. The second kappa shape index (κ2) is 9.01. The maximum absolute atomic E-state index is 12.8. The van der Waals surface area contributed by atoms with Gasteiger partial charge in [0.1, 0.15) is 5.82 Å². The molecule has 0 saturated heterocycles. The Hall–Kier alpha value is -2.98. The van der Waals surface area contributed by atoms with E-state index in [-0.39, 0.29) is 29.8 Å². The maximum Gasteiger partial charge on any atom is 0.315 e. The van der Waals surface area contributed by atoms with Crippen LogP contribution in [0, 0.1) is 5.82 Å². The summed E-state index contributed by atoms with van der Waals surface area (Å²) in [6, 6.07) is 11.0. The van der Waals surface area contributed by atoms with Crippen molar-refractivity contribution in [1.82, 2.24) is 15.4 Å². The van der Waals surface area contributed by atoms with Gasteiger partial charge in [-0.1, -0.05) is 18.2 Å². The summed E-state index contributed by atoms with van der Waals surface area (Å²) in [7, 11) is -3.62. The van der Waals surface area contributed by atoms with Crippen molar-refractivity contribution in [3.05, 3.63) is 59.9 Å². The van der Waals surface area contributed by atoms with Crippen LogP contribution in [0.5, 0.6) is 0 Å². The van der Waals surface area contributed by atoms with Crippen molar-refractivity contribution in [1.29, 1.82) is 0 Å². The zero-order valence-corrected chi connectivity index (χ0v) is 16.3. The molecule has 0 unspecified atom stereocenters. The summed E-state index contributed by atoms with van der Waals surface area (Å²) < 4.78 is 39.9. The van der Waals surface area contributed by atoms with Crippen molar-refractivity contribution in [2.45, 2.75) is 30.3 Å². The molecule has 1 fully saturated rings. The third-order valence-electron chi connectivity index (χ3n) is 4.10. The van der Waals surface area contributed by atoms with Crippen molar-refractivity contribution in [2.24, 2.45) is 0 Å². The van der Waals surface area contributed by atoms with E-state index in [1.165, 1.54) is 30.3 Å². The van der Waals surface area contributed by atoms with Crippen LogP contribution in [0.15, 0.2) is 53.4 Å². The van der Waals surface area contributed by atoms with Crippen LogP contribution in [0.25, 0.3) is 0 Å². The molecule has 0 atom stereocenters. The van der Waals surface area contributed by atoms with Gasteiger partial charge in [0.15, 0.2) is 0 Å². The number of amides is 3. The first-order valence-corrected chi connectivity index (χ1v) is 10.5. The molecule has 3 amide bonds. The lowest BCUT2D eigenvalue weighted by Gasteiger charge is -2.10. The van der Waals surface area contributed by atoms with Gasteiger partial charge in [0.2, 0.25) is 15.9 Å². The van der Waals surface area contributed by atoms with Gasteiger partial charge < -0.3 is 16.0 Å². The number of urea groups is 1. The third-order valence-corrected chi connectivity index (χ3v) is 5.62. The number of anilines is 1. The molecule has 29 heavy (non-hydrogen) atoms. The molecule has 2 aromatic carbocycles. The van der Waals surface area contributed by atoms with Crippen LogP contribution in [0.2, 0.25) is 0 Å². The molecule has 1 aliphatic rings. The first-order chi connectivity index (χ1) is 13.8. The Bertz CT molecular complexity index is 992. The van der Waals surface area contributed by atoms with Crippen LogP contribution in [0.1, 0.15) is 18.4 Å². The Morgan fingerprint density at radius 2 is 1.76 bits per heavy atom. The van der Waals surface area contributed by atoms with E-state index in [2.05, 4.69) is 20.7 Å². The molecule has 0 bridgehead atoms. The predicted octanol–water partition coefficient (Wildman–Crippen LogP) is 1.70. The van der Waals surface area contributed by atoms with Crippen LogP contribution in [-0.2, 0) is 21.4 Å². The first-order valence-electron chi connectivity index (χ1n) is 9.00. The van der Waals surface area contributed by atoms with Gasteiger partial charge in [0.05, 0.1) is 11.4 Å². The van der Waals surface area contributed by atoms with E-state index in [4.69, 9.17) is 0 Å². The molecule has 3 rings (SSSR count). The van der Waals surface area contributed by atoms with E-state index in [1.54, 1.807) is 18.2 Å². The molecule has 0 radical (unpaired) electrons. The van der Waals surface area contributed by atoms with Gasteiger partial charge in [-0.05, 0) is 48.7 Å². The molecule has 0 aliphatic heterocycles. The van der Waals surface area contributed by atoms with E-state index in [0.717, 1.165) is 12.8 Å². The van der Waals surface area contributed by atoms with Crippen molar-refractivity contribution in [3.8, 4) is 0 Å². The van der Waals surface area contributed by atoms with E-state index in [0.29, 0.717) is 11.3 Å². The molecule has 1 saturated carbocycles. The number of hydrogen-bond donors (Lipinski definition) is 4. The number of nitrogens with one attached hydrogen (secondary N) is 4. The summed E-state index contributed by atoms with van der Waals surface area (Å²) in [5.74, 6) is -0.873. The SMILES string of the molecule is O=C(CNC(=O)NCc1ccc(F)cc1)Nc1cccc(S(=O)(=O)NC2CC2)c1. The van der Waals surface area contributed by atoms with Gasteiger partial charge in [-0.2, -0.15) is 0 Å². The Kier molecular flexibility index (Phi) is 6.45. The molecule has 154 valence electrons. The minimum Gasteiger partial charge on any atom is -0.334 e. The molecule has 0 heterocycles. The summed E-state index contributed by atoms with van der Waals surface area (Å²) in [5.41, 5.74) is 1.02. The topological polar surface area (TPSA) is 116 Å². The van der Waals surface area contributed by atoms with Gasteiger partial charge in [-0.3, -0.25) is 4.79 Å². The van der Waals surface area contributed by atoms with Crippen molar-refractivity contribution in [2.75, 3.05) is 11.9 Å². The minimum absolute atomic E-state index is 0.0177. The summed E-state index contributed by atoms with van der Waals surface area (Å²) in [6.07, 6.45) is 1.65. The highest BCUT2D eigenvalue weighted by Gasteiger charge is 2.28. The Labute approximate surface area is 167 Å². The number of sulfonamides is 1. The van der Waals surface area contributed by atoms with Crippen LogP contribution in [0.4, 0.5) is 14.9 Å². The second-order valence-electron chi connectivity index (χ2n) is 6.63. The van der Waals surface area contributed by atoms with Gasteiger partial charge in [0.25, 0.3) is 0 Å². The fourth-order valence-corrected chi connectivity index (χ4v) is 3.79. The molecule has 2 aromatic rings. The molecule has 10 heteroatoms. The summed E-state index contributed by atoms with van der Waals surface area (Å²) in [5, 5.41) is 7.49. The van der Waals surface area contributed by atoms with Crippen LogP contribution < -0.4 is 20.7 Å². The van der Waals surface area contributed by atoms with Crippen LogP contribution in [0.3, 0.4) is 0 Å². The average Bonchev–Trinajstić information content (AvgIpc) is 3.49. The largest absolute Gasteiger partial charge is 0.334 e. The smallest absolute Gasteiger partial charge is 0.315 e. The lowest BCUT2D eigenvalue weighted by molar-refractivity contribution is -0.115. The van der Waals surface area contributed by atoms with Gasteiger partial charge in [-0.15, -0.1) is 0 Å². The van der Waals surface area contributed by atoms with Gasteiger partial charge in [0, 0.05) is 18.3 Å². The normalized spacial score (nSPS) is 13.6. The molecule has 8 nitrogen and oxygen atoms in total. The highest BCUT2D eigenvalue weighted by Crippen LogP contribution is 2.23. The van der Waals surface area contributed by atoms with Crippen molar-refractivity contribution >= 4 is 27.6 Å². The predicted molar refractivity (Wildman–Crippen MR) is 105 cm³/mol. The maximum atomic E-state index is 12.8. The minimum atomic E-state index is -3.62. The second-order valence-corrected chi connectivity index (χ2v) is 8.35. The van der Waals surface area contributed by atoms with Crippen molar-refractivity contribution in [3.63, 3.8) is 0 Å². The third kappa shape index (κ3) is 6.54. The van der Waals surface area contributed by atoms with E-state index in [9.17, 15) is 22.4 Å². The first kappa shape index (κ1) is 20.7. The molecular formula is C19H21FN4O4S. The molecule has 4 N–H and O–H groups in total. The Balaban J connectivity index is 1.46. The Morgan fingerprint density at radius 1 is 1.03 bits per heavy atom. The molecule has 0 spiro atoms. The van der Waals surface area contributed by atoms with Crippen molar-refractivity contribution < 1.29 is 22.4 Å². The van der Waals surface area contributed by atoms with Gasteiger partial charge in [-0.25, -0.2) is 22.3 Å². The Morgan fingerprint density at radius 3 is 2.45 bits per heavy atom. The number of hydrogen-bond acceptors (Lipinski definition) is 4. The molecule has 1 aliphatic carbocycles. The number of carbonyl (C=O) groups is 2. The lowest BCUT2D eigenvalue weighted by Crippen LogP contribution is -2.39. The molecule has 0 aromatic heterocycles. The number of halogens is 1. The average molecular weight is 420 g/mol. The molecular weight excluding hydrogens is 399 g/mol. The number of benzene rings is 2. The fourth-order valence-electron chi connectivity index (χ4n) is 2.44. The van der Waals surface area contributed by atoms with Crippen LogP contribution >= 0.6 is 0 Å². The van der Waals surface area contributed by atoms with Gasteiger partial charge >= 0.3 is 6.03 Å². The van der Waals surface area contributed by atoms with E-state index in [1.807, 2.05) is 0 Å². The quantitative estimate of drug-likeness (QED) is 0.520. The van der Waals surface area contributed by atoms with Crippen LogP contribution in [-0.4, -0.2) is 32.9 Å². The highest BCUT2D eigenvalue weighted by atomic mass is 32.2. The standard InChI is InChI=1S/C19H21FN4O4S/c20-14-6-4-13(5-7-14)11-21-19(26)22-12-18(25)23-16-2-1-3-17(10-16)29(27,28)24-15-8-9-15/h1-7,10,15,24H,8-9,11-12H2,(H,23,25)(H2,21,22,26). The lowest BCUT2D eigenvalue weighted by atomic mass is 10.2. The van der Waals surface area contributed by atoms with E-state index < -0.39 is 22.0 Å². The highest BCUT2D eigenvalue weighted by molar-refractivity contribution is 7.89. The number of carbonyl (C=O) groups excluding carboxylic acids is 2.